The Balaban J connectivity index is -0.000000300. The summed E-state index contributed by atoms with van der Waals surface area (Å²) in [4.78, 5) is 0. The summed E-state index contributed by atoms with van der Waals surface area (Å²) in [5, 5.41) is 0. The lowest BCUT2D eigenvalue weighted by atomic mass is 10.0. The Labute approximate surface area is 245 Å². The van der Waals surface area contributed by atoms with Gasteiger partial charge in [0.05, 0.1) is 0 Å². The Morgan fingerprint density at radius 3 is 1.27 bits per heavy atom. The van der Waals surface area contributed by atoms with Crippen LogP contribution in [0.4, 0.5) is 0 Å². The Bertz CT molecular complexity index is 506. The molecule has 2 unspecified atom stereocenters. The molecule has 9 heteroatoms. The predicted octanol–water partition coefficient (Wildman–Crippen LogP) is 12.4. The maximum atomic E-state index is 6.86. The largest absolute Gasteiger partial charge is 0.437 e. The van der Waals surface area contributed by atoms with Crippen LogP contribution >= 0.6 is 0 Å². The first-order valence-electron chi connectivity index (χ1n) is 12.6. The molecule has 0 aromatic heterocycles. The number of hydrogen-bond donors (Lipinski definition) is 0. The zero-order chi connectivity index (χ0) is 24.6. The normalized spacial score (nSPS) is 14.2. The summed E-state index contributed by atoms with van der Waals surface area (Å²) in [7, 11) is -10.2. The SMILES string of the molecule is C.C.C.C.C.C.CCC(C)CCCCCCC[Si](C)(O[Si](C)(C)C)O[Si](C)(C)O[Si](C)(C)O[Si](C)(C)C. The fraction of sp³-hybridized carbons (Fsp3) is 1.00. The van der Waals surface area contributed by atoms with Crippen molar-refractivity contribution < 1.29 is 16.5 Å². The highest BCUT2D eigenvalue weighted by Gasteiger charge is 2.46. The molecule has 37 heavy (non-hydrogen) atoms. The zero-order valence-corrected chi connectivity index (χ0v) is 28.4. The van der Waals surface area contributed by atoms with Gasteiger partial charge in [-0.05, 0) is 84.0 Å². The van der Waals surface area contributed by atoms with Crippen molar-refractivity contribution in [3.05, 3.63) is 0 Å². The third-order valence-electron chi connectivity index (χ3n) is 5.05. The van der Waals surface area contributed by atoms with Crippen LogP contribution in [0.2, 0.25) is 78.1 Å². The van der Waals surface area contributed by atoms with Gasteiger partial charge in [-0.1, -0.05) is 103 Å². The molecule has 0 fully saturated rings. The average Bonchev–Trinajstić information content (AvgIpc) is 2.47. The molecule has 0 aliphatic carbocycles. The topological polar surface area (TPSA) is 36.9 Å². The molecule has 0 bridgehead atoms. The molecule has 4 nitrogen and oxygen atoms in total. The number of hydrogen-bond acceptors (Lipinski definition) is 4. The quantitative estimate of drug-likeness (QED) is 0.120. The molecule has 0 aromatic carbocycles. The van der Waals surface area contributed by atoms with Crippen LogP contribution in [0.15, 0.2) is 0 Å². The molecule has 0 rings (SSSR count). The lowest BCUT2D eigenvalue weighted by molar-refractivity contribution is 0.294. The maximum absolute atomic E-state index is 6.86. The van der Waals surface area contributed by atoms with Gasteiger partial charge in [-0.2, -0.15) is 0 Å². The van der Waals surface area contributed by atoms with Crippen molar-refractivity contribution in [3.8, 4) is 0 Å². The van der Waals surface area contributed by atoms with E-state index in [1.165, 1.54) is 44.9 Å². The van der Waals surface area contributed by atoms with Crippen LogP contribution in [0.5, 0.6) is 0 Å². The molecule has 2 atom stereocenters. The summed E-state index contributed by atoms with van der Waals surface area (Å²) in [6.07, 6.45) is 9.22. The van der Waals surface area contributed by atoms with Crippen LogP contribution in [-0.4, -0.2) is 42.3 Å². The van der Waals surface area contributed by atoms with Crippen LogP contribution in [0, 0.1) is 5.92 Å². The van der Waals surface area contributed by atoms with E-state index in [1.54, 1.807) is 0 Å². The summed E-state index contributed by atoms with van der Waals surface area (Å²) < 4.78 is 26.7. The molecule has 236 valence electrons. The van der Waals surface area contributed by atoms with Crippen LogP contribution in [0.3, 0.4) is 0 Å². The van der Waals surface area contributed by atoms with Crippen LogP contribution < -0.4 is 0 Å². The van der Waals surface area contributed by atoms with Gasteiger partial charge in [0.15, 0.2) is 16.6 Å². The van der Waals surface area contributed by atoms with Crippen molar-refractivity contribution >= 4 is 42.3 Å². The van der Waals surface area contributed by atoms with E-state index in [1.807, 2.05) is 0 Å². The molecular weight excluding hydrogens is 541 g/mol. The van der Waals surface area contributed by atoms with E-state index in [9.17, 15) is 0 Å². The highest BCUT2D eigenvalue weighted by Crippen LogP contribution is 2.29. The standard InChI is InChI=1S/C22H56O4Si5.6CH4/c1-14-22(2)20-18-16-15-17-19-21-31(13,24-28(6,7)8)26-30(11,12)25-29(9,10)23-27(3,4)5;;;;;;/h22H,14-21H2,1-13H3;6*1H4. The van der Waals surface area contributed by atoms with E-state index < -0.39 is 42.3 Å². The second kappa shape index (κ2) is 22.6. The minimum atomic E-state index is -2.35. The van der Waals surface area contributed by atoms with Gasteiger partial charge < -0.3 is 16.5 Å². The summed E-state index contributed by atoms with van der Waals surface area (Å²) in [5.74, 6) is 0.874. The minimum Gasteiger partial charge on any atom is -0.437 e. The highest BCUT2D eigenvalue weighted by molar-refractivity contribution is 6.90. The van der Waals surface area contributed by atoms with Crippen molar-refractivity contribution in [1.29, 1.82) is 0 Å². The fourth-order valence-corrected chi connectivity index (χ4v) is 27.6. The van der Waals surface area contributed by atoms with Crippen molar-refractivity contribution in [2.24, 2.45) is 5.92 Å². The van der Waals surface area contributed by atoms with Gasteiger partial charge in [0, 0.05) is 0 Å². The number of unbranched alkanes of at least 4 members (excludes halogenated alkanes) is 4. The first-order chi connectivity index (χ1) is 13.8. The van der Waals surface area contributed by atoms with Crippen LogP contribution in [0.1, 0.15) is 103 Å². The lowest BCUT2D eigenvalue weighted by Crippen LogP contribution is -2.59. The maximum Gasteiger partial charge on any atom is 0.315 e. The van der Waals surface area contributed by atoms with Gasteiger partial charge in [0.2, 0.25) is 0 Å². The van der Waals surface area contributed by atoms with E-state index in [0.717, 1.165) is 12.0 Å². The van der Waals surface area contributed by atoms with Crippen molar-refractivity contribution in [3.63, 3.8) is 0 Å². The van der Waals surface area contributed by atoms with E-state index in [0.29, 0.717) is 0 Å². The van der Waals surface area contributed by atoms with Gasteiger partial charge in [-0.25, -0.2) is 0 Å². The summed E-state index contributed by atoms with van der Waals surface area (Å²) in [6.45, 7) is 29.2. The third kappa shape index (κ3) is 31.3. The summed E-state index contributed by atoms with van der Waals surface area (Å²) >= 11 is 0. The zero-order valence-electron chi connectivity index (χ0n) is 23.4. The Morgan fingerprint density at radius 1 is 0.486 bits per heavy atom. The summed E-state index contributed by atoms with van der Waals surface area (Å²) in [6, 6.07) is 1.07. The fourth-order valence-electron chi connectivity index (χ4n) is 4.33. The molecule has 0 heterocycles. The smallest absolute Gasteiger partial charge is 0.315 e. The molecule has 0 N–H and O–H groups in total. The molecule has 0 saturated carbocycles. The number of rotatable bonds is 17. The van der Waals surface area contributed by atoms with E-state index >= 15 is 0 Å². The lowest BCUT2D eigenvalue weighted by Gasteiger charge is -2.42. The first kappa shape index (κ1) is 54.1. The van der Waals surface area contributed by atoms with Crippen molar-refractivity contribution in [2.75, 3.05) is 0 Å². The van der Waals surface area contributed by atoms with E-state index in [2.05, 4.69) is 85.9 Å². The van der Waals surface area contributed by atoms with Gasteiger partial charge >= 0.3 is 25.7 Å². The Morgan fingerprint density at radius 2 is 0.865 bits per heavy atom. The van der Waals surface area contributed by atoms with E-state index in [4.69, 9.17) is 16.5 Å². The van der Waals surface area contributed by atoms with Gasteiger partial charge in [0.1, 0.15) is 0 Å². The average molecular weight is 621 g/mol. The minimum absolute atomic E-state index is 0. The molecular formula is C28H80O4Si5. The monoisotopic (exact) mass is 620 g/mol. The Kier molecular flexibility index (Phi) is 33.0. The van der Waals surface area contributed by atoms with Crippen LogP contribution in [0.25, 0.3) is 0 Å². The predicted molar refractivity (Wildman–Crippen MR) is 190 cm³/mol. The molecule has 0 aliphatic heterocycles. The van der Waals surface area contributed by atoms with Crippen LogP contribution in [-0.2, 0) is 16.5 Å². The molecule has 0 spiro atoms. The summed E-state index contributed by atoms with van der Waals surface area (Å²) in [5.41, 5.74) is 0. The molecule has 0 aliphatic rings. The second-order valence-corrected chi connectivity index (χ2v) is 32.5. The first-order valence-corrected chi connectivity index (χ1v) is 27.6. The van der Waals surface area contributed by atoms with Crippen molar-refractivity contribution in [1.82, 2.24) is 0 Å². The molecule has 0 saturated heterocycles. The third-order valence-corrected chi connectivity index (χ3v) is 22.5. The van der Waals surface area contributed by atoms with Gasteiger partial charge in [0.25, 0.3) is 0 Å². The molecule has 0 amide bonds. The van der Waals surface area contributed by atoms with Gasteiger partial charge in [-0.15, -0.1) is 0 Å². The van der Waals surface area contributed by atoms with E-state index in [-0.39, 0.29) is 44.6 Å². The van der Waals surface area contributed by atoms with Gasteiger partial charge in [-0.3, -0.25) is 0 Å². The second-order valence-electron chi connectivity index (χ2n) is 12.4. The highest BCUT2D eigenvalue weighted by atomic mass is 28.5. The van der Waals surface area contributed by atoms with Crippen molar-refractivity contribution in [2.45, 2.75) is 181 Å². The Hall–Kier alpha value is 0.924. The molecule has 0 radical (unpaired) electrons. The molecule has 0 aromatic rings.